The number of carbonyl (C=O) groups is 5. The zero-order chi connectivity index (χ0) is 63.8. The molecule has 3 aliphatic rings. The van der Waals surface area contributed by atoms with Crippen molar-refractivity contribution in [3.63, 3.8) is 0 Å². The number of unbranched alkanes of at least 4 members (excludes halogenated alkanes) is 1. The number of nitrogens with one attached hydrogen (secondary N) is 4. The maximum Gasteiger partial charge on any atom is 0.340 e. The van der Waals surface area contributed by atoms with Crippen LogP contribution >= 0.6 is 0 Å². The van der Waals surface area contributed by atoms with E-state index < -0.39 is 66.7 Å². The van der Waals surface area contributed by atoms with E-state index in [0.29, 0.717) is 133 Å². The van der Waals surface area contributed by atoms with Crippen molar-refractivity contribution in [3.8, 4) is 23.0 Å². The highest BCUT2D eigenvalue weighted by atomic mass is 16.7. The predicted octanol–water partition coefficient (Wildman–Crippen LogP) is 1.80. The molecule has 0 saturated carbocycles. The summed E-state index contributed by atoms with van der Waals surface area (Å²) in [7, 11) is 0. The number of benzene rings is 4. The van der Waals surface area contributed by atoms with Gasteiger partial charge in [-0.1, -0.05) is 30.0 Å². The van der Waals surface area contributed by atoms with E-state index in [4.69, 9.17) is 47.4 Å². The van der Waals surface area contributed by atoms with E-state index in [1.54, 1.807) is 54.7 Å². The lowest BCUT2D eigenvalue weighted by atomic mass is 9.77. The van der Waals surface area contributed by atoms with Crippen LogP contribution in [-0.2, 0) is 75.6 Å². The van der Waals surface area contributed by atoms with E-state index in [1.165, 1.54) is 41.1 Å². The Kier molecular flexibility index (Phi) is 25.9. The predicted molar refractivity (Wildman–Crippen MR) is 316 cm³/mol. The lowest BCUT2D eigenvalue weighted by Gasteiger charge is -2.39. The van der Waals surface area contributed by atoms with Gasteiger partial charge < -0.3 is 99.3 Å². The number of phenols is 2. The van der Waals surface area contributed by atoms with E-state index in [1.807, 2.05) is 0 Å². The molecule has 1 unspecified atom stereocenters. The number of carbonyl (C=O) groups excluding carboxylic acids is 5. The number of aliphatic hydroxyl groups excluding tert-OH is 4. The van der Waals surface area contributed by atoms with Crippen molar-refractivity contribution in [1.29, 1.82) is 0 Å². The van der Waals surface area contributed by atoms with Crippen LogP contribution in [0.15, 0.2) is 97.7 Å². The van der Waals surface area contributed by atoms with Crippen LogP contribution in [0.2, 0.25) is 0 Å². The van der Waals surface area contributed by atoms with Gasteiger partial charge in [-0.3, -0.25) is 19.2 Å². The maximum absolute atomic E-state index is 14.1. The molecule has 0 aliphatic carbocycles. The van der Waals surface area contributed by atoms with Crippen LogP contribution in [-0.4, -0.2) is 212 Å². The Bertz CT molecular complexity index is 3130. The summed E-state index contributed by atoms with van der Waals surface area (Å²) in [6, 6.07) is 19.4. The average molecular weight is 1260 g/mol. The molecule has 6 atom stereocenters. The molecule has 10 N–H and O–H groups in total. The summed E-state index contributed by atoms with van der Waals surface area (Å²) in [4.78, 5) is 65.3. The minimum absolute atomic E-state index is 0.0527. The molecule has 4 amide bonds. The smallest absolute Gasteiger partial charge is 0.340 e. The molecule has 4 aromatic carbocycles. The fourth-order valence-electron chi connectivity index (χ4n) is 9.99. The van der Waals surface area contributed by atoms with E-state index >= 15 is 0 Å². The first kappa shape index (κ1) is 68.0. The summed E-state index contributed by atoms with van der Waals surface area (Å²) in [5, 5.41) is 80.4. The van der Waals surface area contributed by atoms with Crippen LogP contribution < -0.4 is 26.0 Å². The van der Waals surface area contributed by atoms with Crippen molar-refractivity contribution in [3.05, 3.63) is 137 Å². The fraction of sp³-hybridized carbons (Fsp3) is 0.468. The minimum atomic E-state index is -1.57. The van der Waals surface area contributed by atoms with E-state index in [-0.39, 0.29) is 78.5 Å². The number of hydrogen-bond acceptors (Lipinski definition) is 23. The zero-order valence-corrected chi connectivity index (χ0v) is 49.5. The summed E-state index contributed by atoms with van der Waals surface area (Å²) < 4.78 is 57.5. The number of ether oxygens (including phenoxy) is 10. The molecule has 4 heterocycles. The molecule has 0 bridgehead atoms. The van der Waals surface area contributed by atoms with Gasteiger partial charge in [0.15, 0.2) is 11.9 Å². The van der Waals surface area contributed by atoms with Crippen molar-refractivity contribution < 1.29 is 102 Å². The topological polar surface area (TPSA) is 378 Å². The second-order valence-corrected chi connectivity index (χ2v) is 21.0. The molecule has 3 aliphatic heterocycles. The molecule has 1 aromatic heterocycles. The van der Waals surface area contributed by atoms with Crippen LogP contribution in [0, 0.1) is 0 Å². The largest absolute Gasteiger partial charge is 0.508 e. The Balaban J connectivity index is 0.774. The van der Waals surface area contributed by atoms with Gasteiger partial charge in [-0.2, -0.15) is 0 Å². The lowest BCUT2D eigenvalue weighted by Crippen LogP contribution is -2.59. The highest BCUT2D eigenvalue weighted by Crippen LogP contribution is 2.57. The summed E-state index contributed by atoms with van der Waals surface area (Å²) in [5.41, 5.74) is 1.59. The molecule has 486 valence electrons. The molecule has 0 radical (unpaired) electrons. The zero-order valence-electron chi connectivity index (χ0n) is 49.5. The van der Waals surface area contributed by atoms with Gasteiger partial charge in [0.25, 0.3) is 5.91 Å². The molecule has 8 rings (SSSR count). The molecule has 1 fully saturated rings. The number of fused-ring (bicyclic) bond motifs is 6. The monoisotopic (exact) mass is 1260 g/mol. The van der Waals surface area contributed by atoms with Crippen LogP contribution in [0.4, 0.5) is 5.69 Å². The van der Waals surface area contributed by atoms with Crippen LogP contribution in [0.5, 0.6) is 23.0 Å². The number of anilines is 1. The molecule has 1 spiro atoms. The molecular formula is C62H77N7O21. The second-order valence-electron chi connectivity index (χ2n) is 21.0. The number of aromatic nitrogens is 3. The third kappa shape index (κ3) is 18.6. The number of amides is 4. The van der Waals surface area contributed by atoms with Crippen molar-refractivity contribution >= 4 is 35.3 Å². The summed E-state index contributed by atoms with van der Waals surface area (Å²) in [6.45, 7) is 7.84. The Labute approximate surface area is 518 Å². The van der Waals surface area contributed by atoms with Gasteiger partial charge in [0.05, 0.1) is 111 Å². The molecule has 28 heteroatoms. The Morgan fingerprint density at radius 2 is 1.30 bits per heavy atom. The molecule has 1 saturated heterocycles. The number of rotatable bonds is 38. The lowest BCUT2D eigenvalue weighted by molar-refractivity contribution is -0.300. The van der Waals surface area contributed by atoms with E-state index in [2.05, 4.69) is 38.2 Å². The standard InChI is InChI=1S/C62H77N7O21/c1-2-53(73)64-19-22-82-24-26-84-28-30-86-32-31-85-29-27-83-25-23-81-20-17-54(74)63-18-4-3-5-49(59(79)66-41-9-6-39(7-10-41)16-21-87-61-57(77)56(76)55(75)52(38-70)89-61)69-37-42(67-68-69)36-65-58(78)40-8-13-46-45(33-40)60(80)90-62(46)47-14-11-43(71)34-50(47)88-51-35-44(72)12-15-48(51)62/h2,6-15,33-35,37,49,52,55-57,61,70-72,75-77H,1,3-5,16-32,36,38H2,(H,63,74)(H,64,73)(H,65,78)(H,66,79)/t49?,52-,55-,56+,57-,61-/m1/s1. The molecule has 28 nitrogen and oxygen atoms in total. The van der Waals surface area contributed by atoms with Crippen LogP contribution in [0.3, 0.4) is 0 Å². The van der Waals surface area contributed by atoms with Gasteiger partial charge in [-0.05, 0) is 85.9 Å². The number of aliphatic hydroxyl groups is 4. The van der Waals surface area contributed by atoms with Gasteiger partial charge in [0, 0.05) is 59.6 Å². The highest BCUT2D eigenvalue weighted by Gasteiger charge is 2.54. The summed E-state index contributed by atoms with van der Waals surface area (Å²) >= 11 is 0. The SMILES string of the molecule is C=CC(=O)NCCOCCOCCOCCOCCOCCOCCC(=O)NCCCCC(C(=O)Nc1ccc(CCO[C@@H]2O[C@H](CO)[C@@H](O)[C@H](O)[C@H]2O)cc1)n1cc(CNC(=O)c2ccc3c(c2)C(=O)OC32c3ccc(O)cc3Oc3cc(O)ccc32)nn1. The summed E-state index contributed by atoms with van der Waals surface area (Å²) in [5.74, 6) is -1.90. The highest BCUT2D eigenvalue weighted by molar-refractivity contribution is 6.02. The number of nitrogens with zero attached hydrogens (tertiary/aromatic N) is 3. The van der Waals surface area contributed by atoms with E-state index in [9.17, 15) is 54.6 Å². The van der Waals surface area contributed by atoms with Gasteiger partial charge in [0.1, 0.15) is 59.1 Å². The van der Waals surface area contributed by atoms with Gasteiger partial charge in [-0.15, -0.1) is 5.10 Å². The van der Waals surface area contributed by atoms with Crippen molar-refractivity contribution in [1.82, 2.24) is 30.9 Å². The summed E-state index contributed by atoms with van der Waals surface area (Å²) in [6.07, 6.45) is -2.52. The first-order valence-electron chi connectivity index (χ1n) is 29.6. The molecule has 5 aromatic rings. The third-order valence-corrected chi connectivity index (χ3v) is 14.7. The Hall–Kier alpha value is -7.97. The molecule has 90 heavy (non-hydrogen) atoms. The second kappa shape index (κ2) is 34.3. The van der Waals surface area contributed by atoms with Crippen molar-refractivity contribution in [2.24, 2.45) is 0 Å². The molecular weight excluding hydrogens is 1180 g/mol. The van der Waals surface area contributed by atoms with Crippen LogP contribution in [0.1, 0.15) is 80.4 Å². The van der Waals surface area contributed by atoms with Crippen molar-refractivity contribution in [2.45, 2.75) is 81.0 Å². The first-order chi connectivity index (χ1) is 43.7. The van der Waals surface area contributed by atoms with Gasteiger partial charge >= 0.3 is 5.97 Å². The Morgan fingerprint density at radius 3 is 1.92 bits per heavy atom. The normalized spacial score (nSPS) is 18.1. The van der Waals surface area contributed by atoms with Gasteiger partial charge in [0.2, 0.25) is 17.7 Å². The van der Waals surface area contributed by atoms with Gasteiger partial charge in [-0.25, -0.2) is 9.48 Å². The number of phenolic OH excluding ortho intramolecular Hbond substituents is 2. The number of hydrogen-bond donors (Lipinski definition) is 10. The number of aromatic hydroxyl groups is 2. The maximum atomic E-state index is 14.1. The number of esters is 1. The average Bonchev–Trinajstić information content (AvgIpc) is 1.46. The Morgan fingerprint density at radius 1 is 0.689 bits per heavy atom. The third-order valence-electron chi connectivity index (χ3n) is 14.7. The first-order valence-corrected chi connectivity index (χ1v) is 29.6. The van der Waals surface area contributed by atoms with Crippen molar-refractivity contribution in [2.75, 3.05) is 111 Å². The fourth-order valence-corrected chi connectivity index (χ4v) is 9.99. The quantitative estimate of drug-likeness (QED) is 0.0153. The van der Waals surface area contributed by atoms with E-state index in [0.717, 1.165) is 5.56 Å². The van der Waals surface area contributed by atoms with Crippen LogP contribution in [0.25, 0.3) is 0 Å². The minimum Gasteiger partial charge on any atom is -0.508 e.